The van der Waals surface area contributed by atoms with E-state index in [0.717, 1.165) is 40.3 Å². The van der Waals surface area contributed by atoms with Crippen molar-refractivity contribution < 1.29 is 22.7 Å². The lowest BCUT2D eigenvalue weighted by atomic mass is 10.1. The molecule has 1 amide bonds. The summed E-state index contributed by atoms with van der Waals surface area (Å²) in [6, 6.07) is 18.3. The number of benzene rings is 3. The monoisotopic (exact) mass is 535 g/mol. The molecule has 1 fully saturated rings. The van der Waals surface area contributed by atoms with Gasteiger partial charge in [-0.15, -0.1) is 0 Å². The third kappa shape index (κ3) is 5.63. The fraction of sp³-hybridized carbons (Fsp3) is 0.345. The van der Waals surface area contributed by atoms with Crippen molar-refractivity contribution >= 4 is 21.6 Å². The van der Waals surface area contributed by atoms with Crippen LogP contribution in [0.2, 0.25) is 0 Å². The number of hydrogen-bond acceptors (Lipinski definition) is 6. The Morgan fingerprint density at radius 3 is 2.16 bits per heavy atom. The number of piperazine rings is 1. The molecule has 0 aromatic heterocycles. The van der Waals surface area contributed by atoms with Crippen molar-refractivity contribution in [2.24, 2.45) is 0 Å². The smallest absolute Gasteiger partial charge is 0.264 e. The van der Waals surface area contributed by atoms with Gasteiger partial charge in [-0.25, -0.2) is 8.42 Å². The van der Waals surface area contributed by atoms with Gasteiger partial charge in [-0.05, 0) is 73.9 Å². The average Bonchev–Trinajstić information content (AvgIpc) is 3.35. The van der Waals surface area contributed by atoms with Crippen LogP contribution in [0.4, 0.5) is 5.69 Å². The summed E-state index contributed by atoms with van der Waals surface area (Å²) in [7, 11) is -3.94. The Bertz CT molecular complexity index is 1410. The van der Waals surface area contributed by atoms with Gasteiger partial charge in [0.25, 0.3) is 10.0 Å². The molecule has 0 N–H and O–H groups in total. The zero-order valence-corrected chi connectivity index (χ0v) is 22.8. The van der Waals surface area contributed by atoms with Gasteiger partial charge in [0.05, 0.1) is 10.6 Å². The van der Waals surface area contributed by atoms with E-state index >= 15 is 0 Å². The molecule has 200 valence electrons. The normalized spacial score (nSPS) is 15.5. The minimum atomic E-state index is -3.94. The Morgan fingerprint density at radius 1 is 0.816 bits per heavy atom. The van der Waals surface area contributed by atoms with Gasteiger partial charge in [-0.2, -0.15) is 0 Å². The van der Waals surface area contributed by atoms with Crippen LogP contribution in [0, 0.1) is 20.8 Å². The number of aryl methyl sites for hydroxylation is 3. The predicted octanol–water partition coefficient (Wildman–Crippen LogP) is 3.88. The topological polar surface area (TPSA) is 79.4 Å². The number of carbonyl (C=O) groups excluding carboxylic acids is 1. The van der Waals surface area contributed by atoms with Crippen LogP contribution in [-0.4, -0.2) is 63.6 Å². The first-order valence-electron chi connectivity index (χ1n) is 12.8. The predicted molar refractivity (Wildman–Crippen MR) is 146 cm³/mol. The lowest BCUT2D eigenvalue weighted by Crippen LogP contribution is -2.51. The lowest BCUT2D eigenvalue weighted by Gasteiger charge is -2.36. The average molecular weight is 536 g/mol. The zero-order valence-electron chi connectivity index (χ0n) is 22.0. The van der Waals surface area contributed by atoms with E-state index in [2.05, 4.69) is 4.90 Å². The maximum absolute atomic E-state index is 13.7. The van der Waals surface area contributed by atoms with Gasteiger partial charge >= 0.3 is 0 Å². The van der Waals surface area contributed by atoms with Gasteiger partial charge in [0.15, 0.2) is 11.5 Å². The largest absolute Gasteiger partial charge is 0.454 e. The van der Waals surface area contributed by atoms with E-state index in [1.54, 1.807) is 29.2 Å². The standard InChI is InChI=1S/C29H33N3O5S/c1-21-4-7-26(8-5-21)38(34,35)32(25-15-22(2)14-23(3)16-25)19-29(33)31-12-10-30(11-13-31)18-24-6-9-27-28(17-24)37-20-36-27/h4-9,14-17H,10-13,18-20H2,1-3H3. The lowest BCUT2D eigenvalue weighted by molar-refractivity contribution is -0.131. The van der Waals surface area contributed by atoms with Gasteiger partial charge in [0.2, 0.25) is 12.7 Å². The van der Waals surface area contributed by atoms with Crippen molar-refractivity contribution in [3.05, 3.63) is 82.9 Å². The molecule has 0 aliphatic carbocycles. The fourth-order valence-electron chi connectivity index (χ4n) is 4.92. The first-order chi connectivity index (χ1) is 18.2. The quantitative estimate of drug-likeness (QED) is 0.457. The highest BCUT2D eigenvalue weighted by Crippen LogP contribution is 2.33. The second-order valence-corrected chi connectivity index (χ2v) is 11.9. The SMILES string of the molecule is Cc1ccc(S(=O)(=O)N(CC(=O)N2CCN(Cc3ccc4c(c3)OCO4)CC2)c2cc(C)cc(C)c2)cc1. The van der Waals surface area contributed by atoms with Crippen molar-refractivity contribution in [1.82, 2.24) is 9.80 Å². The molecule has 38 heavy (non-hydrogen) atoms. The second-order valence-electron chi connectivity index (χ2n) is 10.0. The Kier molecular flexibility index (Phi) is 7.32. The molecule has 0 unspecified atom stereocenters. The molecule has 8 nitrogen and oxygen atoms in total. The Balaban J connectivity index is 1.29. The first kappa shape index (κ1) is 26.1. The van der Waals surface area contributed by atoms with Crippen molar-refractivity contribution in [2.45, 2.75) is 32.2 Å². The Labute approximate surface area is 224 Å². The highest BCUT2D eigenvalue weighted by molar-refractivity contribution is 7.92. The molecule has 0 bridgehead atoms. The van der Waals surface area contributed by atoms with Crippen LogP contribution in [0.25, 0.3) is 0 Å². The van der Waals surface area contributed by atoms with Crippen LogP contribution in [0.3, 0.4) is 0 Å². The fourth-order valence-corrected chi connectivity index (χ4v) is 6.32. The molecule has 1 saturated heterocycles. The van der Waals surface area contributed by atoms with Gasteiger partial charge in [0, 0.05) is 32.7 Å². The van der Waals surface area contributed by atoms with Crippen LogP contribution in [0.15, 0.2) is 65.6 Å². The Hall–Kier alpha value is -3.56. The van der Waals surface area contributed by atoms with E-state index in [9.17, 15) is 13.2 Å². The van der Waals surface area contributed by atoms with Gasteiger partial charge in [0.1, 0.15) is 6.54 Å². The number of amides is 1. The van der Waals surface area contributed by atoms with E-state index in [4.69, 9.17) is 9.47 Å². The zero-order chi connectivity index (χ0) is 26.9. The molecule has 5 rings (SSSR count). The summed E-state index contributed by atoms with van der Waals surface area (Å²) in [5.41, 5.74) is 4.47. The van der Waals surface area contributed by atoms with Gasteiger partial charge in [-0.3, -0.25) is 14.0 Å². The molecule has 3 aromatic rings. The van der Waals surface area contributed by atoms with Crippen molar-refractivity contribution in [3.8, 4) is 11.5 Å². The molecule has 0 atom stereocenters. The summed E-state index contributed by atoms with van der Waals surface area (Å²) in [4.78, 5) is 17.7. The van der Waals surface area contributed by atoms with Gasteiger partial charge in [-0.1, -0.05) is 29.8 Å². The maximum Gasteiger partial charge on any atom is 0.264 e. The molecule has 0 radical (unpaired) electrons. The van der Waals surface area contributed by atoms with Crippen molar-refractivity contribution in [2.75, 3.05) is 43.8 Å². The van der Waals surface area contributed by atoms with Crippen LogP contribution in [0.5, 0.6) is 11.5 Å². The third-order valence-electron chi connectivity index (χ3n) is 6.95. The number of ether oxygens (including phenoxy) is 2. The van der Waals surface area contributed by atoms with E-state index < -0.39 is 10.0 Å². The number of carbonyl (C=O) groups is 1. The molecule has 2 aliphatic rings. The first-order valence-corrected chi connectivity index (χ1v) is 14.2. The summed E-state index contributed by atoms with van der Waals surface area (Å²) >= 11 is 0. The number of anilines is 1. The summed E-state index contributed by atoms with van der Waals surface area (Å²) in [6.07, 6.45) is 0. The minimum Gasteiger partial charge on any atom is -0.454 e. The van der Waals surface area contributed by atoms with E-state index in [0.29, 0.717) is 31.9 Å². The molecule has 2 heterocycles. The minimum absolute atomic E-state index is 0.170. The molecule has 0 saturated carbocycles. The molecule has 9 heteroatoms. The summed E-state index contributed by atoms with van der Waals surface area (Å²) in [5, 5.41) is 0. The molecular formula is C29H33N3O5S. The Morgan fingerprint density at radius 2 is 1.47 bits per heavy atom. The second kappa shape index (κ2) is 10.7. The summed E-state index contributed by atoms with van der Waals surface area (Å²) in [6.45, 7) is 8.98. The summed E-state index contributed by atoms with van der Waals surface area (Å²) < 4.78 is 39.6. The molecule has 3 aromatic carbocycles. The van der Waals surface area contributed by atoms with E-state index in [1.165, 1.54) is 4.31 Å². The van der Waals surface area contributed by atoms with Crippen LogP contribution in [-0.2, 0) is 21.4 Å². The van der Waals surface area contributed by atoms with E-state index in [1.807, 2.05) is 57.2 Å². The van der Waals surface area contributed by atoms with Crippen molar-refractivity contribution in [3.63, 3.8) is 0 Å². The van der Waals surface area contributed by atoms with Crippen LogP contribution >= 0.6 is 0 Å². The molecule has 0 spiro atoms. The number of hydrogen-bond donors (Lipinski definition) is 0. The highest BCUT2D eigenvalue weighted by atomic mass is 32.2. The van der Waals surface area contributed by atoms with Crippen LogP contribution in [0.1, 0.15) is 22.3 Å². The maximum atomic E-state index is 13.7. The number of nitrogens with zero attached hydrogens (tertiary/aromatic N) is 3. The number of sulfonamides is 1. The van der Waals surface area contributed by atoms with E-state index in [-0.39, 0.29) is 24.1 Å². The number of rotatable bonds is 7. The third-order valence-corrected chi connectivity index (χ3v) is 8.74. The highest BCUT2D eigenvalue weighted by Gasteiger charge is 2.30. The van der Waals surface area contributed by atoms with Gasteiger partial charge < -0.3 is 14.4 Å². The van der Waals surface area contributed by atoms with Crippen molar-refractivity contribution in [1.29, 1.82) is 0 Å². The summed E-state index contributed by atoms with van der Waals surface area (Å²) in [5.74, 6) is 1.32. The number of fused-ring (bicyclic) bond motifs is 1. The van der Waals surface area contributed by atoms with Crippen LogP contribution < -0.4 is 13.8 Å². The molecule has 2 aliphatic heterocycles. The molecular weight excluding hydrogens is 502 g/mol.